The van der Waals surface area contributed by atoms with Gasteiger partial charge in [0.15, 0.2) is 0 Å². The molecule has 3 amide bonds. The Hall–Kier alpha value is -3.06. The van der Waals surface area contributed by atoms with Crippen LogP contribution in [0.3, 0.4) is 0 Å². The van der Waals surface area contributed by atoms with Crippen molar-refractivity contribution < 1.29 is 14.4 Å². The molecule has 2 N–H and O–H groups in total. The van der Waals surface area contributed by atoms with Gasteiger partial charge in [-0.15, -0.1) is 0 Å². The van der Waals surface area contributed by atoms with Crippen molar-refractivity contribution in [1.29, 1.82) is 0 Å². The van der Waals surface area contributed by atoms with Gasteiger partial charge in [-0.05, 0) is 42.5 Å². The van der Waals surface area contributed by atoms with Gasteiger partial charge in [0.1, 0.15) is 0 Å². The van der Waals surface area contributed by atoms with Crippen molar-refractivity contribution in [2.24, 2.45) is 0 Å². The minimum Gasteiger partial charge on any atom is -0.375 e. The van der Waals surface area contributed by atoms with Gasteiger partial charge in [-0.2, -0.15) is 0 Å². The molecule has 0 saturated heterocycles. The van der Waals surface area contributed by atoms with Crippen LogP contribution < -0.4 is 10.6 Å². The fraction of sp³-hybridized carbons (Fsp3) is 0.250. The molecule has 2 rings (SSSR count). The van der Waals surface area contributed by atoms with Crippen molar-refractivity contribution in [3.63, 3.8) is 0 Å². The Labute approximate surface area is 169 Å². The van der Waals surface area contributed by atoms with Gasteiger partial charge in [0.25, 0.3) is 11.8 Å². The lowest BCUT2D eigenvalue weighted by atomic mass is 10.1. The van der Waals surface area contributed by atoms with Gasteiger partial charge in [0.05, 0.1) is 12.1 Å². The number of amides is 3. The van der Waals surface area contributed by atoms with Crippen LogP contribution in [0.2, 0.25) is 5.02 Å². The first-order chi connectivity index (χ1) is 13.2. The Morgan fingerprint density at radius 3 is 2.07 bits per heavy atom. The smallest absolute Gasteiger partial charge is 0.255 e. The van der Waals surface area contributed by atoms with Gasteiger partial charge >= 0.3 is 0 Å². The summed E-state index contributed by atoms with van der Waals surface area (Å²) in [5, 5.41) is 6.15. The summed E-state index contributed by atoms with van der Waals surface area (Å²) < 4.78 is 0. The largest absolute Gasteiger partial charge is 0.375 e. The number of rotatable bonds is 6. The number of halogens is 1. The lowest BCUT2D eigenvalue weighted by molar-refractivity contribution is -0.114. The third kappa shape index (κ3) is 5.47. The molecular formula is C20H23ClN4O3. The number of benzene rings is 2. The molecule has 7 nitrogen and oxygen atoms in total. The molecular weight excluding hydrogens is 380 g/mol. The number of carbonyl (C=O) groups excluding carboxylic acids is 3. The van der Waals surface area contributed by atoms with Crippen LogP contribution >= 0.6 is 11.6 Å². The van der Waals surface area contributed by atoms with Crippen molar-refractivity contribution in [1.82, 2.24) is 9.80 Å². The maximum atomic E-state index is 12.3. The van der Waals surface area contributed by atoms with Gasteiger partial charge in [-0.25, -0.2) is 0 Å². The highest BCUT2D eigenvalue weighted by molar-refractivity contribution is 6.31. The second kappa shape index (κ2) is 9.23. The fourth-order valence-electron chi connectivity index (χ4n) is 2.43. The van der Waals surface area contributed by atoms with Crippen LogP contribution in [0, 0.1) is 0 Å². The summed E-state index contributed by atoms with van der Waals surface area (Å²) in [4.78, 5) is 39.3. The fourth-order valence-corrected chi connectivity index (χ4v) is 2.60. The van der Waals surface area contributed by atoms with E-state index in [0.29, 0.717) is 27.5 Å². The van der Waals surface area contributed by atoms with Crippen LogP contribution in [0.15, 0.2) is 42.5 Å². The third-order valence-corrected chi connectivity index (χ3v) is 4.11. The summed E-state index contributed by atoms with van der Waals surface area (Å²) >= 11 is 6.01. The average molecular weight is 403 g/mol. The molecule has 0 heterocycles. The number of hydrogen-bond acceptors (Lipinski definition) is 4. The highest BCUT2D eigenvalue weighted by Crippen LogP contribution is 2.22. The highest BCUT2D eigenvalue weighted by Gasteiger charge is 2.15. The van der Waals surface area contributed by atoms with Crippen molar-refractivity contribution in [2.75, 3.05) is 45.4 Å². The first-order valence-electron chi connectivity index (χ1n) is 8.55. The number of nitrogens with one attached hydrogen (secondary N) is 2. The predicted molar refractivity (Wildman–Crippen MR) is 111 cm³/mol. The molecule has 0 aliphatic carbocycles. The summed E-state index contributed by atoms with van der Waals surface area (Å²) in [5.41, 5.74) is 2.01. The second-order valence-corrected chi connectivity index (χ2v) is 7.00. The maximum Gasteiger partial charge on any atom is 0.255 e. The molecule has 0 aromatic heterocycles. The molecule has 2 aromatic carbocycles. The van der Waals surface area contributed by atoms with E-state index in [-0.39, 0.29) is 24.3 Å². The first kappa shape index (κ1) is 21.2. The van der Waals surface area contributed by atoms with Crippen molar-refractivity contribution in [2.45, 2.75) is 0 Å². The zero-order valence-corrected chi connectivity index (χ0v) is 17.0. The molecule has 0 spiro atoms. The Bertz CT molecular complexity index is 880. The van der Waals surface area contributed by atoms with Crippen LogP contribution in [-0.4, -0.2) is 62.3 Å². The Morgan fingerprint density at radius 2 is 1.50 bits per heavy atom. The lowest BCUT2D eigenvalue weighted by Crippen LogP contribution is -2.26. The van der Waals surface area contributed by atoms with E-state index in [1.165, 1.54) is 9.80 Å². The molecule has 0 radical (unpaired) electrons. The Balaban J connectivity index is 2.02. The first-order valence-corrected chi connectivity index (χ1v) is 8.93. The van der Waals surface area contributed by atoms with E-state index >= 15 is 0 Å². The SMILES string of the molecule is CN(C)C(=O)c1ccc(NC(=O)CNc2cc(Cl)ccc2C(=O)N(C)C)cc1. The van der Waals surface area contributed by atoms with E-state index in [2.05, 4.69) is 10.6 Å². The third-order valence-electron chi connectivity index (χ3n) is 3.88. The van der Waals surface area contributed by atoms with Gasteiger partial charge in [0.2, 0.25) is 5.91 Å². The maximum absolute atomic E-state index is 12.3. The summed E-state index contributed by atoms with van der Waals surface area (Å²) in [6.07, 6.45) is 0. The molecule has 28 heavy (non-hydrogen) atoms. The molecule has 8 heteroatoms. The van der Waals surface area contributed by atoms with E-state index in [4.69, 9.17) is 11.6 Å². The van der Waals surface area contributed by atoms with E-state index in [1.54, 1.807) is 70.7 Å². The van der Waals surface area contributed by atoms with Gasteiger partial charge in [0, 0.05) is 50.2 Å². The Morgan fingerprint density at radius 1 is 0.893 bits per heavy atom. The molecule has 0 unspecified atom stereocenters. The van der Waals surface area contributed by atoms with Crippen LogP contribution in [-0.2, 0) is 4.79 Å². The van der Waals surface area contributed by atoms with E-state index in [0.717, 1.165) is 0 Å². The predicted octanol–water partition coefficient (Wildman–Crippen LogP) is 2.79. The number of nitrogens with zero attached hydrogens (tertiary/aromatic N) is 2. The summed E-state index contributed by atoms with van der Waals surface area (Å²) in [5.74, 6) is -0.603. The van der Waals surface area contributed by atoms with Crippen molar-refractivity contribution in [3.05, 3.63) is 58.6 Å². The minimum absolute atomic E-state index is 0.0492. The lowest BCUT2D eigenvalue weighted by Gasteiger charge is -2.16. The molecule has 0 fully saturated rings. The van der Waals surface area contributed by atoms with Crippen molar-refractivity contribution >= 4 is 40.7 Å². The topological polar surface area (TPSA) is 81.8 Å². The quantitative estimate of drug-likeness (QED) is 0.778. The normalized spacial score (nSPS) is 10.2. The summed E-state index contributed by atoms with van der Waals surface area (Å²) in [7, 11) is 6.65. The molecule has 0 atom stereocenters. The van der Waals surface area contributed by atoms with Crippen LogP contribution in [0.25, 0.3) is 0 Å². The second-order valence-electron chi connectivity index (χ2n) is 6.57. The van der Waals surface area contributed by atoms with Gasteiger partial charge in [-0.1, -0.05) is 11.6 Å². The molecule has 2 aromatic rings. The zero-order valence-electron chi connectivity index (χ0n) is 16.2. The average Bonchev–Trinajstić information content (AvgIpc) is 2.65. The van der Waals surface area contributed by atoms with E-state index < -0.39 is 0 Å². The number of hydrogen-bond donors (Lipinski definition) is 2. The van der Waals surface area contributed by atoms with Crippen LogP contribution in [0.4, 0.5) is 11.4 Å². The van der Waals surface area contributed by atoms with Gasteiger partial charge < -0.3 is 20.4 Å². The molecule has 0 aliphatic heterocycles. The monoisotopic (exact) mass is 402 g/mol. The van der Waals surface area contributed by atoms with Gasteiger partial charge in [-0.3, -0.25) is 14.4 Å². The Kier molecular flexibility index (Phi) is 7.00. The molecule has 148 valence electrons. The zero-order chi connectivity index (χ0) is 20.8. The molecule has 0 aliphatic rings. The van der Waals surface area contributed by atoms with Crippen LogP contribution in [0.1, 0.15) is 20.7 Å². The standard InChI is InChI=1S/C20H23ClN4O3/c1-24(2)19(27)13-5-8-15(9-6-13)23-18(26)12-22-17-11-14(21)7-10-16(17)20(28)25(3)4/h5-11,22H,12H2,1-4H3,(H,23,26). The van der Waals surface area contributed by atoms with E-state index in [1.807, 2.05) is 0 Å². The highest BCUT2D eigenvalue weighted by atomic mass is 35.5. The summed E-state index contributed by atoms with van der Waals surface area (Å²) in [6, 6.07) is 11.5. The summed E-state index contributed by atoms with van der Waals surface area (Å²) in [6.45, 7) is -0.0492. The number of carbonyl (C=O) groups is 3. The molecule has 0 saturated carbocycles. The molecule has 0 bridgehead atoms. The van der Waals surface area contributed by atoms with Crippen LogP contribution in [0.5, 0.6) is 0 Å². The van der Waals surface area contributed by atoms with E-state index in [9.17, 15) is 14.4 Å². The number of anilines is 2. The minimum atomic E-state index is -0.296. The van der Waals surface area contributed by atoms with Crippen molar-refractivity contribution in [3.8, 4) is 0 Å².